The average Bonchev–Trinajstić information content (AvgIpc) is 3.06. The van der Waals surface area contributed by atoms with Crippen molar-refractivity contribution in [3.8, 4) is 0 Å². The fraction of sp³-hybridized carbons (Fsp3) is 0.600. The summed E-state index contributed by atoms with van der Waals surface area (Å²) in [7, 11) is -3.38. The standard InChI is InChI=1S/C15H23N3O2S2/c1-21-14-4-2-3-5-15(14)22(19,20)18-9-6-13(12-18)17-10-7-16-8-11-17/h2-5,13,16H,6-12H2,1H3. The Morgan fingerprint density at radius 3 is 2.64 bits per heavy atom. The number of sulfonamides is 1. The van der Waals surface area contributed by atoms with Crippen molar-refractivity contribution in [1.29, 1.82) is 0 Å². The smallest absolute Gasteiger partial charge is 0.244 e. The van der Waals surface area contributed by atoms with Gasteiger partial charge < -0.3 is 5.32 Å². The Morgan fingerprint density at radius 2 is 1.91 bits per heavy atom. The maximum atomic E-state index is 12.9. The van der Waals surface area contributed by atoms with Gasteiger partial charge in [0.15, 0.2) is 0 Å². The minimum absolute atomic E-state index is 0.360. The number of hydrogen-bond acceptors (Lipinski definition) is 5. The molecule has 0 spiro atoms. The van der Waals surface area contributed by atoms with Crippen LogP contribution in [0.5, 0.6) is 0 Å². The van der Waals surface area contributed by atoms with Crippen molar-refractivity contribution >= 4 is 21.8 Å². The molecular weight excluding hydrogens is 318 g/mol. The highest BCUT2D eigenvalue weighted by atomic mass is 32.2. The molecule has 2 saturated heterocycles. The van der Waals surface area contributed by atoms with Crippen LogP contribution in [0, 0.1) is 0 Å². The Kier molecular flexibility index (Phi) is 5.09. The molecule has 0 bridgehead atoms. The van der Waals surface area contributed by atoms with Gasteiger partial charge in [-0.1, -0.05) is 12.1 Å². The molecule has 1 aromatic rings. The molecule has 2 aliphatic rings. The second kappa shape index (κ2) is 6.88. The molecule has 1 aromatic carbocycles. The molecule has 0 radical (unpaired) electrons. The molecule has 0 amide bonds. The molecule has 1 unspecified atom stereocenters. The first kappa shape index (κ1) is 16.3. The lowest BCUT2D eigenvalue weighted by Crippen LogP contribution is -2.49. The SMILES string of the molecule is CSc1ccccc1S(=O)(=O)N1CCC(N2CCNCC2)C1. The van der Waals surface area contributed by atoms with Crippen LogP contribution in [0.1, 0.15) is 6.42 Å². The summed E-state index contributed by atoms with van der Waals surface area (Å²) in [5, 5.41) is 3.34. The summed E-state index contributed by atoms with van der Waals surface area (Å²) in [5.41, 5.74) is 0. The normalized spacial score (nSPS) is 24.7. The van der Waals surface area contributed by atoms with Crippen LogP contribution in [0.2, 0.25) is 0 Å². The topological polar surface area (TPSA) is 52.7 Å². The highest BCUT2D eigenvalue weighted by molar-refractivity contribution is 7.99. The first-order chi connectivity index (χ1) is 10.6. The van der Waals surface area contributed by atoms with Crippen LogP contribution in [0.25, 0.3) is 0 Å². The molecule has 22 heavy (non-hydrogen) atoms. The van der Waals surface area contributed by atoms with E-state index in [0.717, 1.165) is 37.5 Å². The molecule has 0 aliphatic carbocycles. The Bertz CT molecular complexity index is 615. The van der Waals surface area contributed by atoms with Crippen LogP contribution in [0.15, 0.2) is 34.1 Å². The summed E-state index contributed by atoms with van der Waals surface area (Å²) in [6, 6.07) is 7.65. The van der Waals surface area contributed by atoms with Gasteiger partial charge in [-0.25, -0.2) is 8.42 Å². The van der Waals surface area contributed by atoms with Gasteiger partial charge in [0, 0.05) is 50.2 Å². The molecule has 5 nitrogen and oxygen atoms in total. The summed E-state index contributed by atoms with van der Waals surface area (Å²) >= 11 is 1.49. The molecule has 0 saturated carbocycles. The van der Waals surface area contributed by atoms with Crippen molar-refractivity contribution in [2.45, 2.75) is 22.3 Å². The van der Waals surface area contributed by atoms with Crippen molar-refractivity contribution in [2.24, 2.45) is 0 Å². The fourth-order valence-corrected chi connectivity index (χ4v) is 5.86. The average molecular weight is 342 g/mol. The number of nitrogens with one attached hydrogen (secondary N) is 1. The van der Waals surface area contributed by atoms with E-state index in [2.05, 4.69) is 10.2 Å². The van der Waals surface area contributed by atoms with E-state index in [1.807, 2.05) is 18.4 Å². The molecule has 2 fully saturated rings. The van der Waals surface area contributed by atoms with E-state index < -0.39 is 10.0 Å². The van der Waals surface area contributed by atoms with Gasteiger partial charge in [0.05, 0.1) is 4.90 Å². The van der Waals surface area contributed by atoms with Crippen LogP contribution < -0.4 is 5.32 Å². The van der Waals surface area contributed by atoms with Gasteiger partial charge in [0.1, 0.15) is 0 Å². The third kappa shape index (κ3) is 3.19. The summed E-state index contributed by atoms with van der Waals surface area (Å²) in [6.07, 6.45) is 2.85. The minimum atomic E-state index is -3.38. The Hall–Kier alpha value is -0.600. The molecule has 1 atom stereocenters. The second-order valence-electron chi connectivity index (χ2n) is 5.74. The summed E-state index contributed by atoms with van der Waals surface area (Å²) in [5.74, 6) is 0. The van der Waals surface area contributed by atoms with Crippen LogP contribution >= 0.6 is 11.8 Å². The molecule has 2 aliphatic heterocycles. The monoisotopic (exact) mass is 341 g/mol. The lowest BCUT2D eigenvalue weighted by Gasteiger charge is -2.32. The zero-order valence-electron chi connectivity index (χ0n) is 12.9. The third-order valence-electron chi connectivity index (χ3n) is 4.48. The maximum absolute atomic E-state index is 12.9. The number of thioether (sulfide) groups is 1. The number of hydrogen-bond donors (Lipinski definition) is 1. The Morgan fingerprint density at radius 1 is 1.18 bits per heavy atom. The van der Waals surface area contributed by atoms with Gasteiger partial charge in [0.25, 0.3) is 0 Å². The molecule has 0 aromatic heterocycles. The van der Waals surface area contributed by atoms with Crippen LogP contribution in [-0.2, 0) is 10.0 Å². The maximum Gasteiger partial charge on any atom is 0.244 e. The number of benzene rings is 1. The van der Waals surface area contributed by atoms with Gasteiger partial charge in [-0.15, -0.1) is 11.8 Å². The Balaban J connectivity index is 1.76. The predicted octanol–water partition coefficient (Wildman–Crippen LogP) is 1.08. The van der Waals surface area contributed by atoms with Gasteiger partial charge in [-0.05, 0) is 24.8 Å². The first-order valence-electron chi connectivity index (χ1n) is 7.71. The van der Waals surface area contributed by atoms with Crippen LogP contribution in [0.4, 0.5) is 0 Å². The lowest BCUT2D eigenvalue weighted by atomic mass is 10.2. The van der Waals surface area contributed by atoms with E-state index in [9.17, 15) is 8.42 Å². The zero-order chi connectivity index (χ0) is 15.6. The van der Waals surface area contributed by atoms with E-state index in [-0.39, 0.29) is 0 Å². The summed E-state index contributed by atoms with van der Waals surface area (Å²) in [6.45, 7) is 5.27. The largest absolute Gasteiger partial charge is 0.314 e. The fourth-order valence-electron chi connectivity index (χ4n) is 3.25. The van der Waals surface area contributed by atoms with Crippen molar-refractivity contribution < 1.29 is 8.42 Å². The van der Waals surface area contributed by atoms with Crippen molar-refractivity contribution in [3.05, 3.63) is 24.3 Å². The lowest BCUT2D eigenvalue weighted by molar-refractivity contribution is 0.179. The third-order valence-corrected chi connectivity index (χ3v) is 7.33. The molecule has 7 heteroatoms. The van der Waals surface area contributed by atoms with Gasteiger partial charge in [-0.2, -0.15) is 4.31 Å². The van der Waals surface area contributed by atoms with Gasteiger partial charge in [0.2, 0.25) is 10.0 Å². The van der Waals surface area contributed by atoms with E-state index in [4.69, 9.17) is 0 Å². The predicted molar refractivity (Wildman–Crippen MR) is 89.8 cm³/mol. The van der Waals surface area contributed by atoms with E-state index in [0.29, 0.717) is 24.0 Å². The Labute approximate surface area is 137 Å². The van der Waals surface area contributed by atoms with Crippen LogP contribution in [0.3, 0.4) is 0 Å². The first-order valence-corrected chi connectivity index (χ1v) is 10.4. The van der Waals surface area contributed by atoms with E-state index in [1.54, 1.807) is 16.4 Å². The number of nitrogens with zero attached hydrogens (tertiary/aromatic N) is 2. The quantitative estimate of drug-likeness (QED) is 0.831. The van der Waals surface area contributed by atoms with Gasteiger partial charge >= 0.3 is 0 Å². The summed E-state index contributed by atoms with van der Waals surface area (Å²) in [4.78, 5) is 3.70. The van der Waals surface area contributed by atoms with Crippen molar-refractivity contribution in [2.75, 3.05) is 45.5 Å². The number of rotatable bonds is 4. The molecule has 2 heterocycles. The van der Waals surface area contributed by atoms with Crippen molar-refractivity contribution in [1.82, 2.24) is 14.5 Å². The molecular formula is C15H23N3O2S2. The van der Waals surface area contributed by atoms with E-state index in [1.165, 1.54) is 11.8 Å². The molecule has 3 rings (SSSR count). The minimum Gasteiger partial charge on any atom is -0.314 e. The molecule has 1 N–H and O–H groups in total. The second-order valence-corrected chi connectivity index (χ2v) is 8.50. The zero-order valence-corrected chi connectivity index (χ0v) is 14.5. The molecule has 122 valence electrons. The van der Waals surface area contributed by atoms with Crippen molar-refractivity contribution in [3.63, 3.8) is 0 Å². The van der Waals surface area contributed by atoms with E-state index >= 15 is 0 Å². The van der Waals surface area contributed by atoms with Crippen LogP contribution in [-0.4, -0.2) is 69.2 Å². The van der Waals surface area contributed by atoms with Gasteiger partial charge in [-0.3, -0.25) is 4.90 Å². The highest BCUT2D eigenvalue weighted by Gasteiger charge is 2.36. The highest BCUT2D eigenvalue weighted by Crippen LogP contribution is 2.29. The summed E-state index contributed by atoms with van der Waals surface area (Å²) < 4.78 is 27.5. The number of piperazine rings is 1.